The Labute approximate surface area is 165 Å². The minimum absolute atomic E-state index is 0.176. The Hall–Kier alpha value is -1.59. The zero-order chi connectivity index (χ0) is 19.5. The molecule has 0 spiro atoms. The highest BCUT2D eigenvalue weighted by Gasteiger charge is 2.31. The molecule has 5 heteroatoms. The number of nitrogens with one attached hydrogen (secondary N) is 2. The number of hydrogen-bond acceptors (Lipinski definition) is 3. The predicted molar refractivity (Wildman–Crippen MR) is 114 cm³/mol. The summed E-state index contributed by atoms with van der Waals surface area (Å²) in [5.41, 5.74) is 1.48. The Morgan fingerprint density at radius 2 is 1.85 bits per heavy atom. The van der Waals surface area contributed by atoms with Gasteiger partial charge in [0.15, 0.2) is 5.96 Å². The van der Waals surface area contributed by atoms with E-state index >= 15 is 0 Å². The normalized spacial score (nSPS) is 18.3. The number of likely N-dealkylation sites (N-methyl/N-ethyl adjacent to an activating group) is 1. The first kappa shape index (κ1) is 21.7. The van der Waals surface area contributed by atoms with Crippen LogP contribution in [-0.4, -0.2) is 56.3 Å². The fourth-order valence-electron chi connectivity index (χ4n) is 4.08. The summed E-state index contributed by atoms with van der Waals surface area (Å²) in [7, 11) is 4.23. The molecule has 1 aliphatic carbocycles. The van der Waals surface area contributed by atoms with Gasteiger partial charge in [-0.05, 0) is 51.3 Å². The first-order chi connectivity index (χ1) is 13.1. The van der Waals surface area contributed by atoms with Crippen LogP contribution in [0.25, 0.3) is 0 Å². The molecule has 1 fully saturated rings. The van der Waals surface area contributed by atoms with E-state index in [0.29, 0.717) is 0 Å². The van der Waals surface area contributed by atoms with Crippen LogP contribution >= 0.6 is 0 Å². The number of aliphatic hydroxyl groups excluding tert-OH is 1. The molecule has 1 aromatic carbocycles. The average molecular weight is 375 g/mol. The molecule has 1 saturated carbocycles. The summed E-state index contributed by atoms with van der Waals surface area (Å²) in [4.78, 5) is 7.15. The molecule has 0 radical (unpaired) electrons. The first-order valence-corrected chi connectivity index (χ1v) is 10.4. The molecule has 2 rings (SSSR count). The Kier molecular flexibility index (Phi) is 9.08. The smallest absolute Gasteiger partial charge is 0.191 e. The molecule has 27 heavy (non-hydrogen) atoms. The van der Waals surface area contributed by atoms with E-state index in [9.17, 15) is 5.11 Å². The summed E-state index contributed by atoms with van der Waals surface area (Å²) in [6.07, 6.45) is 7.06. The van der Waals surface area contributed by atoms with Crippen LogP contribution in [0, 0.1) is 5.41 Å². The van der Waals surface area contributed by atoms with E-state index < -0.39 is 0 Å². The van der Waals surface area contributed by atoms with Gasteiger partial charge in [-0.1, -0.05) is 49.6 Å². The number of nitrogens with zero attached hydrogens (tertiary/aromatic N) is 2. The molecule has 0 amide bonds. The van der Waals surface area contributed by atoms with Crippen LogP contribution in [0.1, 0.15) is 57.1 Å². The third-order valence-electron chi connectivity index (χ3n) is 5.74. The number of aliphatic imine (C=N–C) groups is 1. The van der Waals surface area contributed by atoms with Crippen molar-refractivity contribution in [3.8, 4) is 0 Å². The zero-order valence-electron chi connectivity index (χ0n) is 17.4. The van der Waals surface area contributed by atoms with Crippen LogP contribution < -0.4 is 10.6 Å². The largest absolute Gasteiger partial charge is 0.396 e. The fourth-order valence-corrected chi connectivity index (χ4v) is 4.08. The van der Waals surface area contributed by atoms with Crippen molar-refractivity contribution in [3.05, 3.63) is 35.9 Å². The SMILES string of the molecule is CCNC(=NCC1(CCO)CCCCC1)NCC(c1ccccc1)N(C)C. The Bertz CT molecular complexity index is 547. The van der Waals surface area contributed by atoms with Crippen molar-refractivity contribution in [2.75, 3.05) is 40.3 Å². The van der Waals surface area contributed by atoms with Crippen molar-refractivity contribution in [2.24, 2.45) is 10.4 Å². The van der Waals surface area contributed by atoms with E-state index in [1.165, 1.54) is 37.7 Å². The Balaban J connectivity index is 2.03. The number of benzene rings is 1. The summed E-state index contributed by atoms with van der Waals surface area (Å²) in [5, 5.41) is 16.4. The quantitative estimate of drug-likeness (QED) is 0.459. The van der Waals surface area contributed by atoms with E-state index in [4.69, 9.17) is 4.99 Å². The fraction of sp³-hybridized carbons (Fsp3) is 0.682. The van der Waals surface area contributed by atoms with Crippen molar-refractivity contribution in [3.63, 3.8) is 0 Å². The summed E-state index contributed by atoms with van der Waals surface area (Å²) in [5.74, 6) is 0.878. The lowest BCUT2D eigenvalue weighted by Crippen LogP contribution is -2.42. The number of guanidine groups is 1. The molecule has 0 bridgehead atoms. The third kappa shape index (κ3) is 6.82. The van der Waals surface area contributed by atoms with Gasteiger partial charge in [-0.15, -0.1) is 0 Å². The maximum absolute atomic E-state index is 9.53. The number of rotatable bonds is 9. The highest BCUT2D eigenvalue weighted by molar-refractivity contribution is 5.79. The lowest BCUT2D eigenvalue weighted by Gasteiger charge is -2.36. The summed E-state index contributed by atoms with van der Waals surface area (Å²) < 4.78 is 0. The standard InChI is InChI=1S/C22H38N4O/c1-4-23-21(25-18-22(15-16-27)13-9-6-10-14-22)24-17-20(26(2)3)19-11-7-5-8-12-19/h5,7-8,11-12,20,27H,4,6,9-10,13-18H2,1-3H3,(H2,23,24,25). The second-order valence-corrected chi connectivity index (χ2v) is 8.00. The summed E-state index contributed by atoms with van der Waals surface area (Å²) >= 11 is 0. The van der Waals surface area contributed by atoms with Gasteiger partial charge in [0, 0.05) is 26.2 Å². The second kappa shape index (κ2) is 11.3. The molecular formula is C22H38N4O. The topological polar surface area (TPSA) is 59.9 Å². The van der Waals surface area contributed by atoms with Gasteiger partial charge in [0.1, 0.15) is 0 Å². The van der Waals surface area contributed by atoms with Gasteiger partial charge in [-0.25, -0.2) is 0 Å². The van der Waals surface area contributed by atoms with E-state index in [-0.39, 0.29) is 18.1 Å². The van der Waals surface area contributed by atoms with Crippen LogP contribution in [0.5, 0.6) is 0 Å². The number of aliphatic hydroxyl groups is 1. The van der Waals surface area contributed by atoms with Gasteiger partial charge in [0.2, 0.25) is 0 Å². The van der Waals surface area contributed by atoms with E-state index in [0.717, 1.165) is 32.0 Å². The molecule has 0 aliphatic heterocycles. The van der Waals surface area contributed by atoms with E-state index in [2.05, 4.69) is 66.9 Å². The molecule has 1 unspecified atom stereocenters. The average Bonchev–Trinajstić information content (AvgIpc) is 2.68. The predicted octanol–water partition coefficient (Wildman–Crippen LogP) is 3.18. The van der Waals surface area contributed by atoms with Gasteiger partial charge in [-0.2, -0.15) is 0 Å². The molecule has 5 nitrogen and oxygen atoms in total. The summed E-state index contributed by atoms with van der Waals surface area (Å²) in [6.45, 7) is 4.80. The summed E-state index contributed by atoms with van der Waals surface area (Å²) in [6, 6.07) is 10.9. The highest BCUT2D eigenvalue weighted by atomic mass is 16.3. The van der Waals surface area contributed by atoms with Crippen molar-refractivity contribution < 1.29 is 5.11 Å². The van der Waals surface area contributed by atoms with Crippen molar-refractivity contribution in [1.82, 2.24) is 15.5 Å². The van der Waals surface area contributed by atoms with Crippen LogP contribution in [0.15, 0.2) is 35.3 Å². The molecule has 3 N–H and O–H groups in total. The minimum Gasteiger partial charge on any atom is -0.396 e. The molecule has 0 aromatic heterocycles. The zero-order valence-corrected chi connectivity index (χ0v) is 17.4. The molecule has 0 heterocycles. The van der Waals surface area contributed by atoms with Crippen molar-refractivity contribution >= 4 is 5.96 Å². The molecule has 1 aromatic rings. The van der Waals surface area contributed by atoms with Gasteiger partial charge in [-0.3, -0.25) is 4.99 Å². The molecule has 0 saturated heterocycles. The maximum atomic E-state index is 9.53. The van der Waals surface area contributed by atoms with Crippen LogP contribution in [0.4, 0.5) is 0 Å². The minimum atomic E-state index is 0.176. The van der Waals surface area contributed by atoms with Gasteiger partial charge in [0.25, 0.3) is 0 Å². The van der Waals surface area contributed by atoms with Crippen molar-refractivity contribution in [2.45, 2.75) is 51.5 Å². The van der Waals surface area contributed by atoms with Gasteiger partial charge < -0.3 is 20.6 Å². The van der Waals surface area contributed by atoms with Gasteiger partial charge >= 0.3 is 0 Å². The molecular weight excluding hydrogens is 336 g/mol. The van der Waals surface area contributed by atoms with Crippen molar-refractivity contribution in [1.29, 1.82) is 0 Å². The van der Waals surface area contributed by atoms with E-state index in [1.807, 2.05) is 0 Å². The number of hydrogen-bond donors (Lipinski definition) is 3. The molecule has 1 atom stereocenters. The first-order valence-electron chi connectivity index (χ1n) is 10.4. The molecule has 1 aliphatic rings. The van der Waals surface area contributed by atoms with Crippen LogP contribution in [0.2, 0.25) is 0 Å². The molecule has 152 valence electrons. The maximum Gasteiger partial charge on any atom is 0.191 e. The monoisotopic (exact) mass is 374 g/mol. The Morgan fingerprint density at radius 1 is 1.15 bits per heavy atom. The van der Waals surface area contributed by atoms with Crippen LogP contribution in [0.3, 0.4) is 0 Å². The second-order valence-electron chi connectivity index (χ2n) is 8.00. The van der Waals surface area contributed by atoms with Gasteiger partial charge in [0.05, 0.1) is 6.04 Å². The lowest BCUT2D eigenvalue weighted by atomic mass is 9.72. The highest BCUT2D eigenvalue weighted by Crippen LogP contribution is 2.39. The lowest BCUT2D eigenvalue weighted by molar-refractivity contribution is 0.137. The third-order valence-corrected chi connectivity index (χ3v) is 5.74. The Morgan fingerprint density at radius 3 is 2.44 bits per heavy atom. The van der Waals surface area contributed by atoms with E-state index in [1.54, 1.807) is 0 Å². The van der Waals surface area contributed by atoms with Crippen LogP contribution in [-0.2, 0) is 0 Å².